The van der Waals surface area contributed by atoms with Crippen LogP contribution >= 0.6 is 11.6 Å². The van der Waals surface area contributed by atoms with Gasteiger partial charge in [-0.05, 0) is 33.0 Å². The molecule has 0 aliphatic carbocycles. The molecule has 5 heteroatoms. The summed E-state index contributed by atoms with van der Waals surface area (Å²) in [6, 6.07) is 1.76. The lowest BCUT2D eigenvalue weighted by Crippen LogP contribution is -2.25. The number of anilines is 1. The smallest absolute Gasteiger partial charge is 0.134 e. The van der Waals surface area contributed by atoms with E-state index in [1.165, 1.54) is 0 Å². The number of hydrogen-bond acceptors (Lipinski definition) is 4. The molecule has 0 aromatic carbocycles. The lowest BCUT2D eigenvalue weighted by molar-refractivity contribution is 0.303. The lowest BCUT2D eigenvalue weighted by Gasteiger charge is -2.17. The number of halogens is 1. The van der Waals surface area contributed by atoms with Gasteiger partial charge in [0.2, 0.25) is 0 Å². The van der Waals surface area contributed by atoms with Crippen LogP contribution in [0.25, 0.3) is 0 Å². The van der Waals surface area contributed by atoms with Gasteiger partial charge in [0.05, 0.1) is 0 Å². The minimum absolute atomic E-state index is 0.490. The van der Waals surface area contributed by atoms with Crippen molar-refractivity contribution in [3.8, 4) is 0 Å². The Kier molecular flexibility index (Phi) is 6.22. The molecule has 0 saturated heterocycles. The standard InChI is InChI=1S/C12H21ClN4/c1-4-17(5-2)8-6-7-14-12-9-11(13)15-10(3)16-12/h9H,4-8H2,1-3H3,(H,14,15,16). The van der Waals surface area contributed by atoms with E-state index in [1.807, 2.05) is 6.92 Å². The molecule has 0 unspecified atom stereocenters. The number of aryl methyl sites for hydroxylation is 1. The highest BCUT2D eigenvalue weighted by atomic mass is 35.5. The maximum atomic E-state index is 5.86. The molecular weight excluding hydrogens is 236 g/mol. The summed E-state index contributed by atoms with van der Waals surface area (Å²) in [6.07, 6.45) is 1.10. The third-order valence-electron chi connectivity index (χ3n) is 2.66. The highest BCUT2D eigenvalue weighted by Gasteiger charge is 2.00. The maximum Gasteiger partial charge on any atom is 0.134 e. The second-order valence-corrected chi connectivity index (χ2v) is 4.32. The molecule has 1 heterocycles. The Bertz CT molecular complexity index is 319. The zero-order chi connectivity index (χ0) is 12.7. The average molecular weight is 257 g/mol. The van der Waals surface area contributed by atoms with Crippen molar-refractivity contribution in [3.05, 3.63) is 17.0 Å². The van der Waals surface area contributed by atoms with Gasteiger partial charge >= 0.3 is 0 Å². The number of hydrogen-bond donors (Lipinski definition) is 1. The molecule has 1 aromatic rings. The van der Waals surface area contributed by atoms with Crippen molar-refractivity contribution in [1.29, 1.82) is 0 Å². The molecule has 1 rings (SSSR count). The van der Waals surface area contributed by atoms with E-state index in [-0.39, 0.29) is 0 Å². The Balaban J connectivity index is 2.31. The van der Waals surface area contributed by atoms with E-state index in [2.05, 4.69) is 34.0 Å². The van der Waals surface area contributed by atoms with Gasteiger partial charge in [-0.15, -0.1) is 0 Å². The summed E-state index contributed by atoms with van der Waals surface area (Å²) in [5, 5.41) is 3.76. The van der Waals surface area contributed by atoms with Crippen molar-refractivity contribution >= 4 is 17.4 Å². The highest BCUT2D eigenvalue weighted by Crippen LogP contribution is 2.10. The Morgan fingerprint density at radius 2 is 2.00 bits per heavy atom. The average Bonchev–Trinajstić information content (AvgIpc) is 2.28. The molecule has 0 radical (unpaired) electrons. The zero-order valence-electron chi connectivity index (χ0n) is 10.8. The van der Waals surface area contributed by atoms with Gasteiger partial charge in [-0.3, -0.25) is 0 Å². The summed E-state index contributed by atoms with van der Waals surface area (Å²) >= 11 is 5.86. The first kappa shape index (κ1) is 14.2. The molecule has 0 bridgehead atoms. The molecular formula is C12H21ClN4. The molecule has 96 valence electrons. The zero-order valence-corrected chi connectivity index (χ0v) is 11.6. The predicted molar refractivity (Wildman–Crippen MR) is 72.7 cm³/mol. The van der Waals surface area contributed by atoms with Crippen molar-refractivity contribution in [3.63, 3.8) is 0 Å². The van der Waals surface area contributed by atoms with E-state index in [0.717, 1.165) is 38.4 Å². The molecule has 17 heavy (non-hydrogen) atoms. The van der Waals surface area contributed by atoms with Crippen LogP contribution in [0.1, 0.15) is 26.1 Å². The molecule has 0 spiro atoms. The maximum absolute atomic E-state index is 5.86. The van der Waals surface area contributed by atoms with Crippen molar-refractivity contribution in [2.75, 3.05) is 31.5 Å². The molecule has 0 saturated carbocycles. The fourth-order valence-electron chi connectivity index (χ4n) is 1.68. The van der Waals surface area contributed by atoms with Crippen LogP contribution in [0.5, 0.6) is 0 Å². The molecule has 1 N–H and O–H groups in total. The Labute approximate surface area is 108 Å². The fourth-order valence-corrected chi connectivity index (χ4v) is 1.91. The van der Waals surface area contributed by atoms with Gasteiger partial charge in [0.1, 0.15) is 16.8 Å². The monoisotopic (exact) mass is 256 g/mol. The topological polar surface area (TPSA) is 41.0 Å². The van der Waals surface area contributed by atoms with E-state index in [0.29, 0.717) is 11.0 Å². The Morgan fingerprint density at radius 3 is 2.59 bits per heavy atom. The van der Waals surface area contributed by atoms with Crippen LogP contribution in [0.4, 0.5) is 5.82 Å². The highest BCUT2D eigenvalue weighted by molar-refractivity contribution is 6.29. The quantitative estimate of drug-likeness (QED) is 0.601. The Morgan fingerprint density at radius 1 is 1.29 bits per heavy atom. The molecule has 0 fully saturated rings. The van der Waals surface area contributed by atoms with E-state index in [1.54, 1.807) is 6.07 Å². The van der Waals surface area contributed by atoms with Crippen LogP contribution < -0.4 is 5.32 Å². The van der Waals surface area contributed by atoms with Crippen LogP contribution in [-0.2, 0) is 0 Å². The second-order valence-electron chi connectivity index (χ2n) is 3.93. The Hall–Kier alpha value is -0.870. The predicted octanol–water partition coefficient (Wildman–Crippen LogP) is 2.58. The van der Waals surface area contributed by atoms with Gasteiger partial charge in [-0.1, -0.05) is 25.4 Å². The van der Waals surface area contributed by atoms with Gasteiger partial charge in [-0.25, -0.2) is 9.97 Å². The van der Waals surface area contributed by atoms with Gasteiger partial charge in [0.25, 0.3) is 0 Å². The minimum Gasteiger partial charge on any atom is -0.370 e. The van der Waals surface area contributed by atoms with Crippen LogP contribution in [0.3, 0.4) is 0 Å². The van der Waals surface area contributed by atoms with Gasteiger partial charge < -0.3 is 10.2 Å². The summed E-state index contributed by atoms with van der Waals surface area (Å²) in [5.74, 6) is 1.51. The molecule has 0 atom stereocenters. The summed E-state index contributed by atoms with van der Waals surface area (Å²) in [6.45, 7) is 10.4. The molecule has 4 nitrogen and oxygen atoms in total. The molecule has 1 aromatic heterocycles. The number of nitrogens with one attached hydrogen (secondary N) is 1. The van der Waals surface area contributed by atoms with Crippen LogP contribution in [0.15, 0.2) is 6.07 Å². The largest absolute Gasteiger partial charge is 0.370 e. The lowest BCUT2D eigenvalue weighted by atomic mass is 10.3. The summed E-state index contributed by atoms with van der Waals surface area (Å²) in [7, 11) is 0. The van der Waals surface area contributed by atoms with E-state index in [9.17, 15) is 0 Å². The first-order chi connectivity index (χ1) is 8.15. The van der Waals surface area contributed by atoms with Crippen LogP contribution in [0, 0.1) is 6.92 Å². The summed E-state index contributed by atoms with van der Waals surface area (Å²) in [4.78, 5) is 10.7. The normalized spacial score (nSPS) is 10.9. The third-order valence-corrected chi connectivity index (χ3v) is 2.85. The van der Waals surface area contributed by atoms with Crippen LogP contribution in [0.2, 0.25) is 5.15 Å². The van der Waals surface area contributed by atoms with Gasteiger partial charge in [0.15, 0.2) is 0 Å². The second kappa shape index (κ2) is 7.45. The SMILES string of the molecule is CCN(CC)CCCNc1cc(Cl)nc(C)n1. The molecule has 0 aliphatic rings. The van der Waals surface area contributed by atoms with E-state index < -0.39 is 0 Å². The van der Waals surface area contributed by atoms with Crippen molar-refractivity contribution in [1.82, 2.24) is 14.9 Å². The van der Waals surface area contributed by atoms with Crippen molar-refractivity contribution < 1.29 is 0 Å². The molecule has 0 amide bonds. The number of rotatable bonds is 7. The fraction of sp³-hybridized carbons (Fsp3) is 0.667. The summed E-state index contributed by atoms with van der Waals surface area (Å²) < 4.78 is 0. The third kappa shape index (κ3) is 5.33. The van der Waals surface area contributed by atoms with Crippen molar-refractivity contribution in [2.45, 2.75) is 27.2 Å². The van der Waals surface area contributed by atoms with Crippen molar-refractivity contribution in [2.24, 2.45) is 0 Å². The minimum atomic E-state index is 0.490. The van der Waals surface area contributed by atoms with Crippen LogP contribution in [-0.4, -0.2) is 41.0 Å². The van der Waals surface area contributed by atoms with Gasteiger partial charge in [-0.2, -0.15) is 0 Å². The number of nitrogens with zero attached hydrogens (tertiary/aromatic N) is 3. The van der Waals surface area contributed by atoms with Gasteiger partial charge in [0, 0.05) is 12.6 Å². The summed E-state index contributed by atoms with van der Waals surface area (Å²) in [5.41, 5.74) is 0. The van der Waals surface area contributed by atoms with E-state index >= 15 is 0 Å². The first-order valence-corrected chi connectivity index (χ1v) is 6.51. The number of aromatic nitrogens is 2. The molecule has 0 aliphatic heterocycles. The van der Waals surface area contributed by atoms with E-state index in [4.69, 9.17) is 11.6 Å². The first-order valence-electron chi connectivity index (χ1n) is 6.13.